The van der Waals surface area contributed by atoms with Crippen LogP contribution < -0.4 is 9.73 Å². The van der Waals surface area contributed by atoms with Crippen LogP contribution in [0, 0.1) is 12.7 Å². The van der Waals surface area contributed by atoms with Crippen LogP contribution in [0.25, 0.3) is 0 Å². The Morgan fingerprint density at radius 1 is 1.19 bits per heavy atom. The van der Waals surface area contributed by atoms with Crippen molar-refractivity contribution in [2.24, 2.45) is 5.10 Å². The van der Waals surface area contributed by atoms with E-state index in [0.717, 1.165) is 10.6 Å². The SMILES string of the molecule is Cc1ccc(SN/N=C/c2cc(F)c(Cl)cc2N2CCN(C(=O)OC(C)(C)C)CC2)cc1. The molecule has 0 aliphatic carbocycles. The number of halogens is 2. The number of carbonyl (C=O) groups is 1. The highest BCUT2D eigenvalue weighted by Gasteiger charge is 2.27. The Balaban J connectivity index is 1.66. The van der Waals surface area contributed by atoms with Crippen LogP contribution in [0.2, 0.25) is 5.02 Å². The molecule has 0 unspecified atom stereocenters. The number of ether oxygens (including phenoxy) is 1. The standard InChI is InChI=1S/C23H28ClFN4O2S/c1-16-5-7-18(8-6-16)32-27-26-15-17-13-20(25)19(24)14-21(17)28-9-11-29(12-10-28)22(30)31-23(2,3)4/h5-8,13-15,27H,9-12H2,1-4H3/b26-15+. The van der Waals surface area contributed by atoms with Crippen molar-refractivity contribution in [1.82, 2.24) is 9.73 Å². The lowest BCUT2D eigenvalue weighted by Gasteiger charge is -2.37. The maximum Gasteiger partial charge on any atom is 0.410 e. The number of hydrazone groups is 1. The molecule has 1 aliphatic rings. The number of benzene rings is 2. The molecule has 1 aliphatic heterocycles. The van der Waals surface area contributed by atoms with Gasteiger partial charge >= 0.3 is 6.09 Å². The van der Waals surface area contributed by atoms with Gasteiger partial charge in [0.05, 0.1) is 11.2 Å². The minimum atomic E-state index is -0.536. The van der Waals surface area contributed by atoms with E-state index in [4.69, 9.17) is 16.3 Å². The molecule has 172 valence electrons. The number of piperazine rings is 1. The van der Waals surface area contributed by atoms with Gasteiger partial charge in [-0.25, -0.2) is 14.0 Å². The van der Waals surface area contributed by atoms with E-state index in [2.05, 4.69) is 14.8 Å². The van der Waals surface area contributed by atoms with Crippen molar-refractivity contribution in [3.05, 3.63) is 58.4 Å². The highest BCUT2D eigenvalue weighted by molar-refractivity contribution is 7.97. The Hall–Kier alpha value is -2.45. The summed E-state index contributed by atoms with van der Waals surface area (Å²) in [6.07, 6.45) is 1.25. The number of rotatable bonds is 5. The van der Waals surface area contributed by atoms with E-state index in [-0.39, 0.29) is 11.1 Å². The van der Waals surface area contributed by atoms with Crippen molar-refractivity contribution in [1.29, 1.82) is 0 Å². The van der Waals surface area contributed by atoms with Gasteiger partial charge in [-0.05, 0) is 52.0 Å². The molecule has 2 aromatic carbocycles. The zero-order valence-corrected chi connectivity index (χ0v) is 20.3. The van der Waals surface area contributed by atoms with Crippen LogP contribution in [0.3, 0.4) is 0 Å². The quantitative estimate of drug-likeness (QED) is 0.350. The van der Waals surface area contributed by atoms with Crippen LogP contribution in [0.15, 0.2) is 46.4 Å². The first-order valence-corrected chi connectivity index (χ1v) is 11.6. The second kappa shape index (κ2) is 10.4. The average Bonchev–Trinajstić information content (AvgIpc) is 2.73. The molecule has 32 heavy (non-hydrogen) atoms. The summed E-state index contributed by atoms with van der Waals surface area (Å²) in [6, 6.07) is 11.0. The van der Waals surface area contributed by atoms with Gasteiger partial charge in [0, 0.05) is 54.3 Å². The number of hydrogen-bond acceptors (Lipinski definition) is 6. The molecule has 1 N–H and O–H groups in total. The molecule has 3 rings (SSSR count). The average molecular weight is 479 g/mol. The molecule has 9 heteroatoms. The maximum absolute atomic E-state index is 14.2. The molecular weight excluding hydrogens is 451 g/mol. The van der Waals surface area contributed by atoms with Crippen molar-refractivity contribution in [3.8, 4) is 0 Å². The van der Waals surface area contributed by atoms with Crippen LogP contribution in [-0.4, -0.2) is 49.0 Å². The van der Waals surface area contributed by atoms with Gasteiger partial charge in [0.1, 0.15) is 11.4 Å². The first-order chi connectivity index (χ1) is 15.1. The molecule has 6 nitrogen and oxygen atoms in total. The normalized spacial score (nSPS) is 14.7. The molecule has 1 fully saturated rings. The Kier molecular flexibility index (Phi) is 7.90. The van der Waals surface area contributed by atoms with Crippen molar-refractivity contribution in [2.75, 3.05) is 31.1 Å². The topological polar surface area (TPSA) is 57.2 Å². The summed E-state index contributed by atoms with van der Waals surface area (Å²) in [7, 11) is 0. The Bertz CT molecular complexity index is 971. The Morgan fingerprint density at radius 3 is 2.47 bits per heavy atom. The lowest BCUT2D eigenvalue weighted by Crippen LogP contribution is -2.50. The molecular formula is C23H28ClFN4O2S. The number of anilines is 1. The number of nitrogens with zero attached hydrogens (tertiary/aromatic N) is 3. The number of hydrogen-bond donors (Lipinski definition) is 1. The minimum absolute atomic E-state index is 0.0497. The molecule has 1 saturated heterocycles. The molecule has 0 aromatic heterocycles. The van der Waals surface area contributed by atoms with E-state index >= 15 is 0 Å². The van der Waals surface area contributed by atoms with Gasteiger partial charge in [0.15, 0.2) is 0 Å². The van der Waals surface area contributed by atoms with E-state index in [1.807, 2.05) is 52.0 Å². The van der Waals surface area contributed by atoms with E-state index in [9.17, 15) is 9.18 Å². The zero-order chi connectivity index (χ0) is 23.3. The number of aryl methyl sites for hydroxylation is 1. The van der Waals surface area contributed by atoms with Crippen LogP contribution in [0.4, 0.5) is 14.9 Å². The largest absolute Gasteiger partial charge is 0.444 e. The summed E-state index contributed by atoms with van der Waals surface area (Å²) in [5.41, 5.74) is 2.03. The Labute approximate surface area is 197 Å². The lowest BCUT2D eigenvalue weighted by molar-refractivity contribution is 0.0240. The highest BCUT2D eigenvalue weighted by Crippen LogP contribution is 2.28. The first kappa shape index (κ1) is 24.2. The molecule has 0 bridgehead atoms. The van der Waals surface area contributed by atoms with E-state index in [1.165, 1.54) is 23.6 Å². The predicted octanol–water partition coefficient (Wildman–Crippen LogP) is 5.48. The maximum atomic E-state index is 14.2. The molecule has 1 heterocycles. The third-order valence-electron chi connectivity index (χ3n) is 4.78. The van der Waals surface area contributed by atoms with Crippen LogP contribution in [0.5, 0.6) is 0 Å². The van der Waals surface area contributed by atoms with Crippen molar-refractivity contribution < 1.29 is 13.9 Å². The van der Waals surface area contributed by atoms with Crippen LogP contribution in [0.1, 0.15) is 31.9 Å². The smallest absolute Gasteiger partial charge is 0.410 e. The third kappa shape index (κ3) is 6.77. The minimum Gasteiger partial charge on any atom is -0.444 e. The summed E-state index contributed by atoms with van der Waals surface area (Å²) in [6.45, 7) is 9.73. The Morgan fingerprint density at radius 2 is 1.84 bits per heavy atom. The van der Waals surface area contributed by atoms with Gasteiger partial charge in [0.2, 0.25) is 0 Å². The second-order valence-corrected chi connectivity index (χ2v) is 9.81. The summed E-state index contributed by atoms with van der Waals surface area (Å²) < 4.78 is 19.6. The van der Waals surface area contributed by atoms with Crippen molar-refractivity contribution in [3.63, 3.8) is 0 Å². The van der Waals surface area contributed by atoms with Gasteiger partial charge in [-0.15, -0.1) is 0 Å². The first-order valence-electron chi connectivity index (χ1n) is 10.4. The van der Waals surface area contributed by atoms with E-state index in [0.29, 0.717) is 31.7 Å². The van der Waals surface area contributed by atoms with Crippen LogP contribution in [-0.2, 0) is 4.74 Å². The fourth-order valence-electron chi connectivity index (χ4n) is 3.17. The summed E-state index contributed by atoms with van der Waals surface area (Å²) >= 11 is 7.43. The number of nitrogens with one attached hydrogen (secondary N) is 1. The van der Waals surface area contributed by atoms with Gasteiger partial charge in [-0.3, -0.25) is 0 Å². The molecule has 2 aromatic rings. The molecule has 0 saturated carbocycles. The van der Waals surface area contributed by atoms with E-state index < -0.39 is 11.4 Å². The molecule has 0 atom stereocenters. The second-order valence-electron chi connectivity index (χ2n) is 8.54. The summed E-state index contributed by atoms with van der Waals surface area (Å²) in [4.78, 5) is 20.0. The fraction of sp³-hybridized carbons (Fsp3) is 0.391. The molecule has 0 radical (unpaired) electrons. The monoisotopic (exact) mass is 478 g/mol. The van der Waals surface area contributed by atoms with Gasteiger partial charge in [-0.1, -0.05) is 29.3 Å². The van der Waals surface area contributed by atoms with Crippen LogP contribution >= 0.6 is 23.5 Å². The zero-order valence-electron chi connectivity index (χ0n) is 18.7. The molecule has 1 amide bonds. The predicted molar refractivity (Wildman–Crippen MR) is 129 cm³/mol. The summed E-state index contributed by atoms with van der Waals surface area (Å²) in [5.74, 6) is -0.504. The highest BCUT2D eigenvalue weighted by atomic mass is 35.5. The lowest BCUT2D eigenvalue weighted by atomic mass is 10.1. The third-order valence-corrected chi connectivity index (χ3v) is 5.78. The van der Waals surface area contributed by atoms with Gasteiger partial charge in [-0.2, -0.15) is 5.10 Å². The van der Waals surface area contributed by atoms with Crippen molar-refractivity contribution >= 4 is 41.5 Å². The summed E-state index contributed by atoms with van der Waals surface area (Å²) in [5, 5.41) is 4.29. The molecule has 0 spiro atoms. The van der Waals surface area contributed by atoms with E-state index in [1.54, 1.807) is 17.2 Å². The fourth-order valence-corrected chi connectivity index (χ4v) is 3.81. The number of amides is 1. The van der Waals surface area contributed by atoms with Crippen molar-refractivity contribution in [2.45, 2.75) is 38.2 Å². The van der Waals surface area contributed by atoms with Gasteiger partial charge in [0.25, 0.3) is 0 Å². The van der Waals surface area contributed by atoms with Gasteiger partial charge < -0.3 is 14.5 Å². The number of carbonyl (C=O) groups excluding carboxylic acids is 1.